The Morgan fingerprint density at radius 3 is 2.50 bits per heavy atom. The van der Waals surface area contributed by atoms with E-state index >= 15 is 0 Å². The van der Waals surface area contributed by atoms with Crippen molar-refractivity contribution in [3.8, 4) is 6.07 Å². The minimum Gasteiger partial charge on any atom is -0.378 e. The van der Waals surface area contributed by atoms with E-state index in [1.807, 2.05) is 13.8 Å². The number of hydrogen-bond acceptors (Lipinski definition) is 3. The van der Waals surface area contributed by atoms with E-state index in [4.69, 9.17) is 10.00 Å². The molecule has 1 aliphatic carbocycles. The van der Waals surface area contributed by atoms with Crippen LogP contribution >= 0.6 is 0 Å². The summed E-state index contributed by atoms with van der Waals surface area (Å²) in [4.78, 5) is 0. The highest BCUT2D eigenvalue weighted by Gasteiger charge is 2.21. The summed E-state index contributed by atoms with van der Waals surface area (Å²) in [7, 11) is 0. The first-order valence-corrected chi connectivity index (χ1v) is 7.48. The monoisotopic (exact) mass is 252 g/mol. The van der Waals surface area contributed by atoms with Gasteiger partial charge in [-0.05, 0) is 39.2 Å². The third-order valence-electron chi connectivity index (χ3n) is 3.79. The van der Waals surface area contributed by atoms with E-state index in [1.54, 1.807) is 0 Å². The third kappa shape index (κ3) is 5.84. The summed E-state index contributed by atoms with van der Waals surface area (Å²) in [5.74, 6) is 0. The van der Waals surface area contributed by atoms with Gasteiger partial charge < -0.3 is 4.74 Å². The van der Waals surface area contributed by atoms with Gasteiger partial charge >= 0.3 is 0 Å². The fourth-order valence-corrected chi connectivity index (χ4v) is 2.66. The number of nitriles is 1. The lowest BCUT2D eigenvalue weighted by Crippen LogP contribution is -2.40. The molecule has 0 spiro atoms. The number of nitrogens with one attached hydrogen (secondary N) is 1. The molecule has 0 heterocycles. The smallest absolute Gasteiger partial charge is 0.104 e. The minimum atomic E-state index is -0.387. The Bertz CT molecular complexity index is 254. The van der Waals surface area contributed by atoms with Crippen molar-refractivity contribution in [1.82, 2.24) is 5.32 Å². The molecule has 0 aromatic rings. The number of ether oxygens (including phenoxy) is 1. The van der Waals surface area contributed by atoms with Gasteiger partial charge in [0.15, 0.2) is 0 Å². The van der Waals surface area contributed by atoms with Crippen LogP contribution < -0.4 is 5.32 Å². The normalized spacial score (nSPS) is 20.9. The molecule has 0 saturated heterocycles. The fourth-order valence-electron chi connectivity index (χ4n) is 2.66. The van der Waals surface area contributed by atoms with Gasteiger partial charge in [-0.15, -0.1) is 0 Å². The summed E-state index contributed by atoms with van der Waals surface area (Å²) in [6.07, 6.45) is 10.1. The van der Waals surface area contributed by atoms with Gasteiger partial charge in [-0.25, -0.2) is 0 Å². The maximum Gasteiger partial charge on any atom is 0.104 e. The second kappa shape index (κ2) is 8.50. The largest absolute Gasteiger partial charge is 0.378 e. The lowest BCUT2D eigenvalue weighted by Gasteiger charge is -2.23. The molecule has 1 unspecified atom stereocenters. The molecular weight excluding hydrogens is 224 g/mol. The molecule has 1 aliphatic rings. The zero-order valence-corrected chi connectivity index (χ0v) is 12.0. The van der Waals surface area contributed by atoms with Gasteiger partial charge in [0.05, 0.1) is 12.2 Å². The molecule has 104 valence electrons. The standard InChI is InChI=1S/C15H28N2O/c1-3-17-15(2,13-16)11-8-12-18-14-9-6-4-5-7-10-14/h14,17H,3-12H2,1-2H3. The molecule has 1 fully saturated rings. The minimum absolute atomic E-state index is 0.387. The Labute approximate surface area is 112 Å². The second-order valence-corrected chi connectivity index (χ2v) is 5.56. The first-order chi connectivity index (χ1) is 8.70. The van der Waals surface area contributed by atoms with Crippen LogP contribution in [0.4, 0.5) is 0 Å². The summed E-state index contributed by atoms with van der Waals surface area (Å²) in [5.41, 5.74) is -0.387. The van der Waals surface area contributed by atoms with Crippen LogP contribution in [0.2, 0.25) is 0 Å². The summed E-state index contributed by atoms with van der Waals surface area (Å²) < 4.78 is 5.94. The summed E-state index contributed by atoms with van der Waals surface area (Å²) in [6.45, 7) is 5.65. The van der Waals surface area contributed by atoms with Gasteiger partial charge in [0.2, 0.25) is 0 Å². The fraction of sp³-hybridized carbons (Fsp3) is 0.933. The van der Waals surface area contributed by atoms with E-state index in [1.165, 1.54) is 38.5 Å². The van der Waals surface area contributed by atoms with Gasteiger partial charge in [-0.3, -0.25) is 5.32 Å². The highest BCUT2D eigenvalue weighted by atomic mass is 16.5. The Morgan fingerprint density at radius 1 is 1.28 bits per heavy atom. The van der Waals surface area contributed by atoms with E-state index in [0.29, 0.717) is 6.10 Å². The average Bonchev–Trinajstić information content (AvgIpc) is 2.64. The highest BCUT2D eigenvalue weighted by Crippen LogP contribution is 2.20. The van der Waals surface area contributed by atoms with Crippen LogP contribution in [0.3, 0.4) is 0 Å². The van der Waals surface area contributed by atoms with Crippen LogP contribution in [0.25, 0.3) is 0 Å². The van der Waals surface area contributed by atoms with Crippen LogP contribution in [0.1, 0.15) is 65.2 Å². The van der Waals surface area contributed by atoms with Crippen molar-refractivity contribution in [2.45, 2.75) is 76.9 Å². The topological polar surface area (TPSA) is 45.0 Å². The van der Waals surface area contributed by atoms with Crippen molar-refractivity contribution < 1.29 is 4.74 Å². The Morgan fingerprint density at radius 2 is 1.94 bits per heavy atom. The first kappa shape index (κ1) is 15.5. The summed E-state index contributed by atoms with van der Waals surface area (Å²) in [6, 6.07) is 2.36. The van der Waals surface area contributed by atoms with Crippen molar-refractivity contribution in [3.05, 3.63) is 0 Å². The molecule has 3 nitrogen and oxygen atoms in total. The molecular formula is C15H28N2O. The molecule has 0 aliphatic heterocycles. The van der Waals surface area contributed by atoms with Crippen LogP contribution in [0.15, 0.2) is 0 Å². The van der Waals surface area contributed by atoms with Gasteiger partial charge in [-0.2, -0.15) is 5.26 Å². The predicted octanol–water partition coefficient (Wildman–Crippen LogP) is 3.40. The maximum absolute atomic E-state index is 9.15. The lowest BCUT2D eigenvalue weighted by atomic mass is 9.98. The number of hydrogen-bond donors (Lipinski definition) is 1. The maximum atomic E-state index is 9.15. The SMILES string of the molecule is CCNC(C)(C#N)CCCOC1CCCCCC1. The van der Waals surface area contributed by atoms with Crippen LogP contribution in [0, 0.1) is 11.3 Å². The molecule has 0 bridgehead atoms. The average molecular weight is 252 g/mol. The van der Waals surface area contributed by atoms with E-state index in [0.717, 1.165) is 26.0 Å². The van der Waals surface area contributed by atoms with Gasteiger partial charge in [0.25, 0.3) is 0 Å². The molecule has 0 radical (unpaired) electrons. The molecule has 0 aromatic carbocycles. The van der Waals surface area contributed by atoms with Crippen molar-refractivity contribution in [1.29, 1.82) is 5.26 Å². The second-order valence-electron chi connectivity index (χ2n) is 5.56. The van der Waals surface area contributed by atoms with Crippen LogP contribution in [-0.4, -0.2) is 24.8 Å². The third-order valence-corrected chi connectivity index (χ3v) is 3.79. The highest BCUT2D eigenvalue weighted by molar-refractivity contribution is 5.03. The predicted molar refractivity (Wildman–Crippen MR) is 74.4 cm³/mol. The van der Waals surface area contributed by atoms with Crippen molar-refractivity contribution in [2.75, 3.05) is 13.2 Å². The molecule has 1 rings (SSSR count). The van der Waals surface area contributed by atoms with E-state index in [2.05, 4.69) is 11.4 Å². The lowest BCUT2D eigenvalue weighted by molar-refractivity contribution is 0.0390. The number of rotatable bonds is 7. The van der Waals surface area contributed by atoms with E-state index in [9.17, 15) is 0 Å². The van der Waals surface area contributed by atoms with Crippen LogP contribution in [0.5, 0.6) is 0 Å². The van der Waals surface area contributed by atoms with Crippen molar-refractivity contribution >= 4 is 0 Å². The van der Waals surface area contributed by atoms with Crippen LogP contribution in [-0.2, 0) is 4.74 Å². The van der Waals surface area contributed by atoms with Gasteiger partial charge in [0.1, 0.15) is 5.54 Å². The molecule has 1 atom stereocenters. The Balaban J connectivity index is 2.15. The molecule has 1 N–H and O–H groups in total. The van der Waals surface area contributed by atoms with Crippen molar-refractivity contribution in [3.63, 3.8) is 0 Å². The Hall–Kier alpha value is -0.590. The summed E-state index contributed by atoms with van der Waals surface area (Å²) >= 11 is 0. The quantitative estimate of drug-likeness (QED) is 0.558. The van der Waals surface area contributed by atoms with Gasteiger partial charge in [0, 0.05) is 6.61 Å². The zero-order valence-electron chi connectivity index (χ0n) is 12.0. The molecule has 18 heavy (non-hydrogen) atoms. The molecule has 1 saturated carbocycles. The summed E-state index contributed by atoms with van der Waals surface area (Å²) in [5, 5.41) is 12.4. The molecule has 3 heteroatoms. The molecule has 0 aromatic heterocycles. The number of nitrogens with zero attached hydrogens (tertiary/aromatic N) is 1. The van der Waals surface area contributed by atoms with Crippen molar-refractivity contribution in [2.24, 2.45) is 0 Å². The Kier molecular flexibility index (Phi) is 7.31. The molecule has 0 amide bonds. The zero-order chi connectivity index (χ0) is 13.3. The van der Waals surface area contributed by atoms with E-state index in [-0.39, 0.29) is 5.54 Å². The van der Waals surface area contributed by atoms with E-state index < -0.39 is 0 Å². The first-order valence-electron chi connectivity index (χ1n) is 7.48. The van der Waals surface area contributed by atoms with Gasteiger partial charge in [-0.1, -0.05) is 32.6 Å².